The second-order valence-electron chi connectivity index (χ2n) is 4.70. The molecule has 0 radical (unpaired) electrons. The van der Waals surface area contributed by atoms with Crippen molar-refractivity contribution >= 4 is 10.0 Å². The summed E-state index contributed by atoms with van der Waals surface area (Å²) in [6.07, 6.45) is 2.04. The van der Waals surface area contributed by atoms with Gasteiger partial charge < -0.3 is 5.32 Å². The average Bonchev–Trinajstić information content (AvgIpc) is 2.38. The molecule has 0 heterocycles. The minimum absolute atomic E-state index is 0.124. The van der Waals surface area contributed by atoms with Crippen molar-refractivity contribution in [2.24, 2.45) is 0 Å². The van der Waals surface area contributed by atoms with Gasteiger partial charge in [-0.2, -0.15) is 0 Å². The second-order valence-corrected chi connectivity index (χ2v) is 6.47. The van der Waals surface area contributed by atoms with Gasteiger partial charge in [0.1, 0.15) is 0 Å². The van der Waals surface area contributed by atoms with Crippen molar-refractivity contribution in [2.75, 3.05) is 13.1 Å². The van der Waals surface area contributed by atoms with E-state index in [2.05, 4.69) is 17.0 Å². The first-order valence-corrected chi connectivity index (χ1v) is 8.30. The molecule has 0 aliphatic carbocycles. The molecule has 4 nitrogen and oxygen atoms in total. The molecule has 0 aliphatic rings. The number of hydrogen-bond donors (Lipinski definition) is 2. The van der Waals surface area contributed by atoms with Gasteiger partial charge in [0.15, 0.2) is 0 Å². The summed E-state index contributed by atoms with van der Waals surface area (Å²) >= 11 is 0. The third-order valence-corrected chi connectivity index (χ3v) is 4.34. The highest BCUT2D eigenvalue weighted by Gasteiger charge is 2.14. The number of rotatable bonds is 8. The van der Waals surface area contributed by atoms with Crippen LogP contribution in [0.15, 0.2) is 29.2 Å². The van der Waals surface area contributed by atoms with Crippen molar-refractivity contribution in [3.63, 3.8) is 0 Å². The quantitative estimate of drug-likeness (QED) is 0.767. The van der Waals surface area contributed by atoms with Crippen LogP contribution in [0.5, 0.6) is 0 Å². The number of sulfonamides is 1. The van der Waals surface area contributed by atoms with E-state index in [4.69, 9.17) is 0 Å². The SMILES string of the molecule is CCCc1ccc(S(=O)(=O)NC[C@@H](C)NCC)cc1. The minimum Gasteiger partial charge on any atom is -0.313 e. The van der Waals surface area contributed by atoms with E-state index in [1.165, 1.54) is 5.56 Å². The van der Waals surface area contributed by atoms with E-state index in [1.807, 2.05) is 26.0 Å². The van der Waals surface area contributed by atoms with Crippen LogP contribution in [0.4, 0.5) is 0 Å². The predicted octanol–water partition coefficient (Wildman–Crippen LogP) is 1.92. The van der Waals surface area contributed by atoms with Crippen molar-refractivity contribution in [3.05, 3.63) is 29.8 Å². The third-order valence-electron chi connectivity index (χ3n) is 2.90. The number of likely N-dealkylation sites (N-methyl/N-ethyl adjacent to an activating group) is 1. The average molecular weight is 284 g/mol. The fraction of sp³-hybridized carbons (Fsp3) is 0.571. The molecule has 0 spiro atoms. The fourth-order valence-corrected chi connectivity index (χ4v) is 2.99. The van der Waals surface area contributed by atoms with E-state index in [-0.39, 0.29) is 6.04 Å². The summed E-state index contributed by atoms with van der Waals surface area (Å²) in [4.78, 5) is 0.330. The molecule has 5 heteroatoms. The number of benzene rings is 1. The maximum absolute atomic E-state index is 12.1. The van der Waals surface area contributed by atoms with Crippen molar-refractivity contribution < 1.29 is 8.42 Å². The second kappa shape index (κ2) is 7.62. The highest BCUT2D eigenvalue weighted by molar-refractivity contribution is 7.89. The Balaban J connectivity index is 2.66. The summed E-state index contributed by atoms with van der Waals surface area (Å²) in [6, 6.07) is 7.23. The van der Waals surface area contributed by atoms with Crippen LogP contribution in [0.1, 0.15) is 32.8 Å². The number of hydrogen-bond acceptors (Lipinski definition) is 3. The summed E-state index contributed by atoms with van der Waals surface area (Å²) in [6.45, 7) is 7.28. The van der Waals surface area contributed by atoms with Crippen LogP contribution in [-0.4, -0.2) is 27.5 Å². The zero-order valence-electron chi connectivity index (χ0n) is 11.9. The fourth-order valence-electron chi connectivity index (χ4n) is 1.86. The molecule has 1 atom stereocenters. The molecular weight excluding hydrogens is 260 g/mol. The summed E-state index contributed by atoms with van der Waals surface area (Å²) in [7, 11) is -3.40. The molecule has 0 unspecified atom stereocenters. The van der Waals surface area contributed by atoms with Gasteiger partial charge in [0.25, 0.3) is 0 Å². The number of nitrogens with one attached hydrogen (secondary N) is 2. The smallest absolute Gasteiger partial charge is 0.240 e. The van der Waals surface area contributed by atoms with Crippen LogP contribution in [0.2, 0.25) is 0 Å². The molecule has 0 bridgehead atoms. The van der Waals surface area contributed by atoms with Gasteiger partial charge in [0.2, 0.25) is 10.0 Å². The summed E-state index contributed by atoms with van der Waals surface area (Å²) in [5, 5.41) is 3.17. The number of aryl methyl sites for hydroxylation is 1. The van der Waals surface area contributed by atoms with Gasteiger partial charge >= 0.3 is 0 Å². The largest absolute Gasteiger partial charge is 0.313 e. The Kier molecular flexibility index (Phi) is 6.48. The zero-order chi connectivity index (χ0) is 14.3. The Morgan fingerprint density at radius 2 is 1.79 bits per heavy atom. The van der Waals surface area contributed by atoms with Crippen LogP contribution in [0.25, 0.3) is 0 Å². The van der Waals surface area contributed by atoms with Gasteiger partial charge in [-0.1, -0.05) is 32.4 Å². The van der Waals surface area contributed by atoms with Gasteiger partial charge in [-0.3, -0.25) is 0 Å². The normalized spacial score (nSPS) is 13.4. The molecule has 108 valence electrons. The first kappa shape index (κ1) is 16.1. The Hall–Kier alpha value is -0.910. The lowest BCUT2D eigenvalue weighted by atomic mass is 10.1. The van der Waals surface area contributed by atoms with E-state index < -0.39 is 10.0 Å². The van der Waals surface area contributed by atoms with E-state index in [9.17, 15) is 8.42 Å². The zero-order valence-corrected chi connectivity index (χ0v) is 12.8. The van der Waals surface area contributed by atoms with Crippen molar-refractivity contribution in [1.29, 1.82) is 0 Å². The lowest BCUT2D eigenvalue weighted by Gasteiger charge is -2.13. The Morgan fingerprint density at radius 3 is 2.32 bits per heavy atom. The van der Waals surface area contributed by atoms with E-state index >= 15 is 0 Å². The molecule has 0 aliphatic heterocycles. The molecule has 1 aromatic carbocycles. The lowest BCUT2D eigenvalue weighted by molar-refractivity contribution is 0.536. The summed E-state index contributed by atoms with van der Waals surface area (Å²) < 4.78 is 26.8. The monoisotopic (exact) mass is 284 g/mol. The van der Waals surface area contributed by atoms with Gasteiger partial charge in [0, 0.05) is 12.6 Å². The van der Waals surface area contributed by atoms with Gasteiger partial charge in [0.05, 0.1) is 4.90 Å². The van der Waals surface area contributed by atoms with Crippen LogP contribution in [-0.2, 0) is 16.4 Å². The van der Waals surface area contributed by atoms with Crippen LogP contribution in [0.3, 0.4) is 0 Å². The van der Waals surface area contributed by atoms with Crippen molar-refractivity contribution in [3.8, 4) is 0 Å². The topological polar surface area (TPSA) is 58.2 Å². The van der Waals surface area contributed by atoms with Gasteiger partial charge in [-0.25, -0.2) is 13.1 Å². The summed E-state index contributed by atoms with van der Waals surface area (Å²) in [5.41, 5.74) is 1.17. The lowest BCUT2D eigenvalue weighted by Crippen LogP contribution is -2.38. The molecule has 2 N–H and O–H groups in total. The molecule has 1 aromatic rings. The summed E-state index contributed by atoms with van der Waals surface area (Å²) in [5.74, 6) is 0. The van der Waals surface area contributed by atoms with E-state index in [0.717, 1.165) is 19.4 Å². The Morgan fingerprint density at radius 1 is 1.16 bits per heavy atom. The predicted molar refractivity (Wildman–Crippen MR) is 78.8 cm³/mol. The first-order chi connectivity index (χ1) is 8.99. The van der Waals surface area contributed by atoms with Crippen LogP contribution >= 0.6 is 0 Å². The highest BCUT2D eigenvalue weighted by atomic mass is 32.2. The molecule has 0 amide bonds. The maximum atomic E-state index is 12.1. The molecule has 0 saturated carbocycles. The van der Waals surface area contributed by atoms with Crippen molar-refractivity contribution in [1.82, 2.24) is 10.0 Å². The van der Waals surface area contributed by atoms with Crippen LogP contribution < -0.4 is 10.0 Å². The van der Waals surface area contributed by atoms with Crippen molar-refractivity contribution in [2.45, 2.75) is 44.6 Å². The van der Waals surface area contributed by atoms with Gasteiger partial charge in [-0.15, -0.1) is 0 Å². The molecule has 19 heavy (non-hydrogen) atoms. The standard InChI is InChI=1S/C14H24N2O2S/c1-4-6-13-7-9-14(10-8-13)19(17,18)16-11-12(3)15-5-2/h7-10,12,15-16H,4-6,11H2,1-3H3/t12-/m1/s1. The Bertz CT molecular complexity index is 469. The highest BCUT2D eigenvalue weighted by Crippen LogP contribution is 2.11. The van der Waals surface area contributed by atoms with E-state index in [0.29, 0.717) is 11.4 Å². The molecule has 0 fully saturated rings. The third kappa shape index (κ3) is 5.30. The van der Waals surface area contributed by atoms with E-state index in [1.54, 1.807) is 12.1 Å². The van der Waals surface area contributed by atoms with Gasteiger partial charge in [-0.05, 0) is 37.6 Å². The molecule has 0 saturated heterocycles. The Labute approximate surface area is 116 Å². The van der Waals surface area contributed by atoms with Crippen LogP contribution in [0, 0.1) is 0 Å². The first-order valence-electron chi connectivity index (χ1n) is 6.81. The minimum atomic E-state index is -3.40. The molecule has 0 aromatic heterocycles. The molecule has 1 rings (SSSR count). The molecular formula is C14H24N2O2S. The maximum Gasteiger partial charge on any atom is 0.240 e.